The van der Waals surface area contributed by atoms with Gasteiger partial charge >= 0.3 is 6.18 Å². The third-order valence-corrected chi connectivity index (χ3v) is 6.24. The molecule has 3 aromatic rings. The van der Waals surface area contributed by atoms with Gasteiger partial charge in [-0.2, -0.15) is 13.2 Å². The summed E-state index contributed by atoms with van der Waals surface area (Å²) < 4.78 is 52.0. The van der Waals surface area contributed by atoms with Crippen LogP contribution >= 0.6 is 11.3 Å². The van der Waals surface area contributed by atoms with Crippen LogP contribution in [0.25, 0.3) is 10.6 Å². The molecule has 30 heavy (non-hydrogen) atoms. The molecule has 2 heterocycles. The minimum atomic E-state index is -4.37. The molecule has 156 valence electrons. The summed E-state index contributed by atoms with van der Waals surface area (Å²) in [5.41, 5.74) is 1.33. The molecule has 1 amide bonds. The molecule has 0 fully saturated rings. The molecule has 0 saturated heterocycles. The topological polar surface area (TPSA) is 33.2 Å². The third kappa shape index (κ3) is 4.38. The van der Waals surface area contributed by atoms with Crippen molar-refractivity contribution in [2.75, 3.05) is 6.54 Å². The lowest BCUT2D eigenvalue weighted by atomic mass is 10.1. The Morgan fingerprint density at radius 2 is 1.83 bits per heavy atom. The van der Waals surface area contributed by atoms with Gasteiger partial charge in [-0.05, 0) is 30.2 Å². The number of alkyl halides is 3. The van der Waals surface area contributed by atoms with Crippen molar-refractivity contribution in [1.82, 2.24) is 9.88 Å². The normalized spacial score (nSPS) is 13.9. The fourth-order valence-electron chi connectivity index (χ4n) is 3.43. The molecule has 0 aliphatic carbocycles. The summed E-state index contributed by atoms with van der Waals surface area (Å²) in [5.74, 6) is -0.358. The maximum Gasteiger partial charge on any atom is 0.416 e. The van der Waals surface area contributed by atoms with E-state index in [1.807, 2.05) is 0 Å². The van der Waals surface area contributed by atoms with E-state index in [0.29, 0.717) is 42.1 Å². The van der Waals surface area contributed by atoms with Crippen LogP contribution in [0.4, 0.5) is 17.6 Å². The zero-order valence-electron chi connectivity index (χ0n) is 15.9. The van der Waals surface area contributed by atoms with E-state index < -0.39 is 11.7 Å². The summed E-state index contributed by atoms with van der Waals surface area (Å²) in [4.78, 5) is 19.8. The maximum absolute atomic E-state index is 13.7. The fourth-order valence-corrected chi connectivity index (χ4v) is 4.56. The monoisotopic (exact) mass is 434 g/mol. The third-order valence-electron chi connectivity index (χ3n) is 5.11. The molecule has 8 heteroatoms. The number of rotatable bonds is 4. The first-order chi connectivity index (χ1) is 14.3. The zero-order valence-corrected chi connectivity index (χ0v) is 16.7. The molecule has 0 unspecified atom stereocenters. The Morgan fingerprint density at radius 1 is 1.10 bits per heavy atom. The molecule has 0 bridgehead atoms. The van der Waals surface area contributed by atoms with Crippen LogP contribution in [0.1, 0.15) is 28.1 Å². The number of aryl methyl sites for hydroxylation is 1. The predicted octanol–water partition coefficient (Wildman–Crippen LogP) is 5.49. The van der Waals surface area contributed by atoms with Crippen LogP contribution in [0.15, 0.2) is 48.5 Å². The second-order valence-electron chi connectivity index (χ2n) is 7.12. The number of hydrogen-bond donors (Lipinski definition) is 0. The molecule has 0 spiro atoms. The quantitative estimate of drug-likeness (QED) is 0.509. The van der Waals surface area contributed by atoms with E-state index in [1.165, 1.54) is 29.5 Å². The van der Waals surface area contributed by atoms with Gasteiger partial charge in [-0.15, -0.1) is 11.3 Å². The minimum absolute atomic E-state index is 0.0478. The average molecular weight is 434 g/mol. The number of hydrogen-bond acceptors (Lipinski definition) is 3. The number of fused-ring (bicyclic) bond motifs is 1. The molecule has 1 aliphatic heterocycles. The Bertz CT molecular complexity index is 1060. The molecule has 2 aromatic carbocycles. The number of thiazole rings is 1. The van der Waals surface area contributed by atoms with Crippen molar-refractivity contribution in [2.24, 2.45) is 0 Å². The van der Waals surface area contributed by atoms with Crippen LogP contribution in [0, 0.1) is 5.82 Å². The fraction of sp³-hybridized carbons (Fsp3) is 0.273. The highest BCUT2D eigenvalue weighted by molar-refractivity contribution is 7.15. The van der Waals surface area contributed by atoms with Crippen molar-refractivity contribution in [1.29, 1.82) is 0 Å². The van der Waals surface area contributed by atoms with Gasteiger partial charge in [-0.3, -0.25) is 4.79 Å². The maximum atomic E-state index is 13.7. The van der Waals surface area contributed by atoms with Gasteiger partial charge in [0, 0.05) is 29.8 Å². The van der Waals surface area contributed by atoms with Gasteiger partial charge < -0.3 is 4.90 Å². The summed E-state index contributed by atoms with van der Waals surface area (Å²) in [7, 11) is 0. The molecular formula is C22H18F4N2OS. The van der Waals surface area contributed by atoms with Crippen LogP contribution in [-0.2, 0) is 30.4 Å². The Morgan fingerprint density at radius 3 is 2.53 bits per heavy atom. The Balaban J connectivity index is 1.42. The minimum Gasteiger partial charge on any atom is -0.337 e. The van der Waals surface area contributed by atoms with Crippen LogP contribution in [0.2, 0.25) is 0 Å². The van der Waals surface area contributed by atoms with Crippen LogP contribution < -0.4 is 0 Å². The highest BCUT2D eigenvalue weighted by Crippen LogP contribution is 2.34. The number of halogens is 4. The Labute approximate surface area is 175 Å². The van der Waals surface area contributed by atoms with Gasteiger partial charge in [0.05, 0.1) is 17.8 Å². The standard InChI is InChI=1S/C22H18F4N2OS/c23-17-4-2-1-3-14(17)7-10-20(29)28-12-11-18-19(13-28)30-21(27-18)15-5-8-16(9-6-15)22(24,25)26/h1-6,8-9H,7,10-13H2. The van der Waals surface area contributed by atoms with Gasteiger partial charge in [0.1, 0.15) is 10.8 Å². The lowest BCUT2D eigenvalue weighted by Gasteiger charge is -2.26. The van der Waals surface area contributed by atoms with Gasteiger partial charge in [-0.1, -0.05) is 30.3 Å². The molecule has 0 saturated carbocycles. The van der Waals surface area contributed by atoms with Crippen LogP contribution in [-0.4, -0.2) is 22.3 Å². The van der Waals surface area contributed by atoms with E-state index in [2.05, 4.69) is 4.98 Å². The van der Waals surface area contributed by atoms with Crippen molar-refractivity contribution in [3.8, 4) is 10.6 Å². The van der Waals surface area contributed by atoms with E-state index in [-0.39, 0.29) is 18.1 Å². The van der Waals surface area contributed by atoms with Crippen molar-refractivity contribution >= 4 is 17.2 Å². The molecule has 1 aliphatic rings. The first-order valence-electron chi connectivity index (χ1n) is 9.48. The Kier molecular flexibility index (Phi) is 5.60. The number of carbonyl (C=O) groups is 1. The molecule has 0 radical (unpaired) electrons. The molecule has 0 N–H and O–H groups in total. The summed E-state index contributed by atoms with van der Waals surface area (Å²) in [5, 5.41) is 0.648. The van der Waals surface area contributed by atoms with Gasteiger partial charge in [-0.25, -0.2) is 9.37 Å². The molecule has 3 nitrogen and oxygen atoms in total. The predicted molar refractivity (Wildman–Crippen MR) is 106 cm³/mol. The molecule has 1 aromatic heterocycles. The number of nitrogens with zero attached hydrogens (tertiary/aromatic N) is 2. The zero-order chi connectivity index (χ0) is 21.3. The Hall–Kier alpha value is -2.74. The SMILES string of the molecule is O=C(CCc1ccccc1F)N1CCc2nc(-c3ccc(C(F)(F)F)cc3)sc2C1. The molecular weight excluding hydrogens is 416 g/mol. The van der Waals surface area contributed by atoms with Crippen LogP contribution in [0.3, 0.4) is 0 Å². The van der Waals surface area contributed by atoms with E-state index in [1.54, 1.807) is 23.1 Å². The van der Waals surface area contributed by atoms with Gasteiger partial charge in [0.2, 0.25) is 5.91 Å². The average Bonchev–Trinajstić information content (AvgIpc) is 3.16. The lowest BCUT2D eigenvalue weighted by Crippen LogP contribution is -2.35. The first-order valence-corrected chi connectivity index (χ1v) is 10.3. The molecule has 0 atom stereocenters. The van der Waals surface area contributed by atoms with Gasteiger partial charge in [0.25, 0.3) is 0 Å². The summed E-state index contributed by atoms with van der Waals surface area (Å²) >= 11 is 1.39. The second kappa shape index (κ2) is 8.18. The number of carbonyl (C=O) groups excluding carboxylic acids is 1. The second-order valence-corrected chi connectivity index (χ2v) is 8.20. The van der Waals surface area contributed by atoms with Crippen molar-refractivity contribution in [3.05, 3.63) is 76.0 Å². The first kappa shape index (κ1) is 20.5. The van der Waals surface area contributed by atoms with Gasteiger partial charge in [0.15, 0.2) is 0 Å². The number of amides is 1. The van der Waals surface area contributed by atoms with Crippen molar-refractivity contribution in [3.63, 3.8) is 0 Å². The lowest BCUT2D eigenvalue weighted by molar-refractivity contribution is -0.137. The van der Waals surface area contributed by atoms with Crippen LogP contribution in [0.5, 0.6) is 0 Å². The number of aromatic nitrogens is 1. The van der Waals surface area contributed by atoms with Crippen molar-refractivity contribution < 1.29 is 22.4 Å². The summed E-state index contributed by atoms with van der Waals surface area (Å²) in [6.45, 7) is 0.947. The molecule has 4 rings (SSSR count). The number of benzene rings is 2. The van der Waals surface area contributed by atoms with E-state index in [9.17, 15) is 22.4 Å². The summed E-state index contributed by atoms with van der Waals surface area (Å²) in [6.07, 6.45) is -3.21. The van der Waals surface area contributed by atoms with E-state index in [0.717, 1.165) is 22.7 Å². The summed E-state index contributed by atoms with van der Waals surface area (Å²) in [6, 6.07) is 11.4. The highest BCUT2D eigenvalue weighted by atomic mass is 32.1. The van der Waals surface area contributed by atoms with Crippen molar-refractivity contribution in [2.45, 2.75) is 32.0 Å². The van der Waals surface area contributed by atoms with E-state index in [4.69, 9.17) is 0 Å². The highest BCUT2D eigenvalue weighted by Gasteiger charge is 2.30. The smallest absolute Gasteiger partial charge is 0.337 e. The largest absolute Gasteiger partial charge is 0.416 e. The van der Waals surface area contributed by atoms with E-state index >= 15 is 0 Å².